The van der Waals surface area contributed by atoms with Gasteiger partial charge in [0.1, 0.15) is 11.6 Å². The number of ketones is 2. The monoisotopic (exact) mass is 270 g/mol. The third-order valence-corrected chi connectivity index (χ3v) is 4.96. The van der Waals surface area contributed by atoms with Crippen LogP contribution in [0.25, 0.3) is 0 Å². The number of rotatable bonds is 1. The van der Waals surface area contributed by atoms with Crippen LogP contribution in [-0.4, -0.2) is 11.6 Å². The molecular weight excluding hydrogens is 248 g/mol. The van der Waals surface area contributed by atoms with Gasteiger partial charge in [-0.05, 0) is 29.7 Å². The summed E-state index contributed by atoms with van der Waals surface area (Å²) in [5.41, 5.74) is 0.837. The zero-order valence-corrected chi connectivity index (χ0v) is 12.3. The van der Waals surface area contributed by atoms with E-state index in [4.69, 9.17) is 0 Å². The minimum atomic E-state index is -0.376. The Kier molecular flexibility index (Phi) is 3.07. The molecule has 0 amide bonds. The SMILES string of the molecule is CC1(C)CC(=O)C[C@]2(C[C@H](c3ccccc3)CC2=O)C1. The quantitative estimate of drug-likeness (QED) is 0.775. The van der Waals surface area contributed by atoms with Crippen molar-refractivity contribution in [3.05, 3.63) is 35.9 Å². The number of hydrogen-bond donors (Lipinski definition) is 0. The van der Waals surface area contributed by atoms with Gasteiger partial charge in [-0.1, -0.05) is 44.2 Å². The molecule has 0 aliphatic heterocycles. The van der Waals surface area contributed by atoms with Crippen molar-refractivity contribution < 1.29 is 9.59 Å². The highest BCUT2D eigenvalue weighted by Crippen LogP contribution is 2.55. The highest BCUT2D eigenvalue weighted by Gasteiger charge is 2.53. The predicted octanol–water partition coefficient (Wildman–Crippen LogP) is 3.90. The predicted molar refractivity (Wildman–Crippen MR) is 78.5 cm³/mol. The lowest BCUT2D eigenvalue weighted by Gasteiger charge is -2.41. The molecule has 0 radical (unpaired) electrons. The normalized spacial score (nSPS) is 32.8. The molecule has 2 aliphatic carbocycles. The molecule has 1 aromatic carbocycles. The van der Waals surface area contributed by atoms with Gasteiger partial charge < -0.3 is 0 Å². The summed E-state index contributed by atoms with van der Waals surface area (Å²) in [4.78, 5) is 24.7. The minimum Gasteiger partial charge on any atom is -0.300 e. The third kappa shape index (κ3) is 2.32. The molecule has 2 aliphatic rings. The first kappa shape index (κ1) is 13.5. The minimum absolute atomic E-state index is 0.0312. The van der Waals surface area contributed by atoms with Crippen molar-refractivity contribution >= 4 is 11.6 Å². The Bertz CT molecular complexity index is 544. The molecule has 2 fully saturated rings. The van der Waals surface area contributed by atoms with Crippen LogP contribution in [0, 0.1) is 10.8 Å². The average molecular weight is 270 g/mol. The standard InChI is InChI=1S/C18H22O2/c1-17(2)10-15(19)11-18(12-17)9-14(8-16(18)20)13-6-4-3-5-7-13/h3-7,14H,8-12H2,1-2H3/t14-,18-/m1/s1. The molecule has 1 aromatic rings. The second-order valence-electron chi connectivity index (χ2n) is 7.45. The van der Waals surface area contributed by atoms with E-state index >= 15 is 0 Å². The molecule has 2 heteroatoms. The number of benzene rings is 1. The molecule has 3 rings (SSSR count). The second-order valence-corrected chi connectivity index (χ2v) is 7.45. The topological polar surface area (TPSA) is 34.1 Å². The number of carbonyl (C=O) groups excluding carboxylic acids is 2. The Morgan fingerprint density at radius 2 is 1.75 bits per heavy atom. The van der Waals surface area contributed by atoms with E-state index < -0.39 is 0 Å². The van der Waals surface area contributed by atoms with Gasteiger partial charge in [-0.25, -0.2) is 0 Å². The van der Waals surface area contributed by atoms with Gasteiger partial charge in [0.2, 0.25) is 0 Å². The third-order valence-electron chi connectivity index (χ3n) is 4.96. The first-order valence-electron chi connectivity index (χ1n) is 7.50. The van der Waals surface area contributed by atoms with Gasteiger partial charge in [0.15, 0.2) is 0 Å². The van der Waals surface area contributed by atoms with Gasteiger partial charge in [-0.3, -0.25) is 9.59 Å². The maximum atomic E-state index is 12.6. The van der Waals surface area contributed by atoms with Crippen molar-refractivity contribution in [3.8, 4) is 0 Å². The lowest BCUT2D eigenvalue weighted by molar-refractivity contribution is -0.138. The fraction of sp³-hybridized carbons (Fsp3) is 0.556. The number of hydrogen-bond acceptors (Lipinski definition) is 2. The maximum Gasteiger partial charge on any atom is 0.140 e. The molecule has 0 bridgehead atoms. The molecule has 106 valence electrons. The Balaban J connectivity index is 1.88. The average Bonchev–Trinajstić information content (AvgIpc) is 2.64. The van der Waals surface area contributed by atoms with Crippen molar-refractivity contribution in [2.24, 2.45) is 10.8 Å². The van der Waals surface area contributed by atoms with Crippen molar-refractivity contribution in [2.75, 3.05) is 0 Å². The van der Waals surface area contributed by atoms with Crippen molar-refractivity contribution in [1.29, 1.82) is 0 Å². The van der Waals surface area contributed by atoms with E-state index in [-0.39, 0.29) is 16.6 Å². The van der Waals surface area contributed by atoms with E-state index in [1.165, 1.54) is 5.56 Å². The molecule has 2 nitrogen and oxygen atoms in total. The Morgan fingerprint density at radius 1 is 1.05 bits per heavy atom. The Morgan fingerprint density at radius 3 is 2.40 bits per heavy atom. The first-order valence-corrected chi connectivity index (χ1v) is 7.50. The van der Waals surface area contributed by atoms with Crippen molar-refractivity contribution in [1.82, 2.24) is 0 Å². The van der Waals surface area contributed by atoms with E-state index in [0.717, 1.165) is 12.8 Å². The molecule has 0 unspecified atom stereocenters. The summed E-state index contributed by atoms with van der Waals surface area (Å²) in [5.74, 6) is 0.876. The van der Waals surface area contributed by atoms with Crippen molar-refractivity contribution in [2.45, 2.75) is 51.9 Å². The zero-order valence-electron chi connectivity index (χ0n) is 12.3. The number of carbonyl (C=O) groups is 2. The lowest BCUT2D eigenvalue weighted by atomic mass is 9.61. The summed E-state index contributed by atoms with van der Waals surface area (Å²) in [6.45, 7) is 4.24. The summed E-state index contributed by atoms with van der Waals surface area (Å²) >= 11 is 0. The van der Waals surface area contributed by atoms with Crippen LogP contribution in [0.4, 0.5) is 0 Å². The van der Waals surface area contributed by atoms with Crippen LogP contribution >= 0.6 is 0 Å². The Labute approximate surface area is 120 Å². The maximum absolute atomic E-state index is 12.6. The molecular formula is C18H22O2. The summed E-state index contributed by atoms with van der Waals surface area (Å²) in [5, 5.41) is 0. The molecule has 2 atom stereocenters. The summed E-state index contributed by atoms with van der Waals surface area (Å²) in [6, 6.07) is 10.3. The highest BCUT2D eigenvalue weighted by atomic mass is 16.1. The van der Waals surface area contributed by atoms with Crippen LogP contribution in [0.5, 0.6) is 0 Å². The van der Waals surface area contributed by atoms with Crippen LogP contribution in [0.15, 0.2) is 30.3 Å². The zero-order chi connectivity index (χ0) is 14.4. The van der Waals surface area contributed by atoms with E-state index in [1.54, 1.807) is 0 Å². The van der Waals surface area contributed by atoms with Gasteiger partial charge in [0.25, 0.3) is 0 Å². The van der Waals surface area contributed by atoms with Gasteiger partial charge in [-0.2, -0.15) is 0 Å². The van der Waals surface area contributed by atoms with Crippen LogP contribution in [0.2, 0.25) is 0 Å². The van der Waals surface area contributed by atoms with Gasteiger partial charge in [-0.15, -0.1) is 0 Å². The van der Waals surface area contributed by atoms with Crippen LogP contribution < -0.4 is 0 Å². The fourth-order valence-electron chi connectivity index (χ4n) is 4.42. The molecule has 0 aromatic heterocycles. The molecule has 0 N–H and O–H groups in total. The highest BCUT2D eigenvalue weighted by molar-refractivity contribution is 5.94. The van der Waals surface area contributed by atoms with Gasteiger partial charge >= 0.3 is 0 Å². The van der Waals surface area contributed by atoms with E-state index in [9.17, 15) is 9.59 Å². The fourth-order valence-corrected chi connectivity index (χ4v) is 4.42. The smallest absolute Gasteiger partial charge is 0.140 e. The summed E-state index contributed by atoms with van der Waals surface area (Å²) in [7, 11) is 0. The Hall–Kier alpha value is -1.44. The molecule has 0 heterocycles. The van der Waals surface area contributed by atoms with Gasteiger partial charge in [0.05, 0.1) is 0 Å². The molecule has 20 heavy (non-hydrogen) atoms. The molecule has 1 spiro atoms. The first-order chi connectivity index (χ1) is 9.40. The van der Waals surface area contributed by atoms with Gasteiger partial charge in [0, 0.05) is 24.7 Å². The van der Waals surface area contributed by atoms with Crippen molar-refractivity contribution in [3.63, 3.8) is 0 Å². The number of Topliss-reactive ketones (excluding diaryl/α,β-unsaturated/α-hetero) is 2. The summed E-state index contributed by atoms with van der Waals surface area (Å²) in [6.07, 6.45) is 3.42. The second kappa shape index (κ2) is 4.54. The van der Waals surface area contributed by atoms with E-state index in [0.29, 0.717) is 31.0 Å². The summed E-state index contributed by atoms with van der Waals surface area (Å²) < 4.78 is 0. The van der Waals surface area contributed by atoms with Crippen LogP contribution in [0.1, 0.15) is 57.4 Å². The van der Waals surface area contributed by atoms with E-state index in [1.807, 2.05) is 18.2 Å². The van der Waals surface area contributed by atoms with Crippen LogP contribution in [0.3, 0.4) is 0 Å². The molecule has 2 saturated carbocycles. The van der Waals surface area contributed by atoms with Crippen LogP contribution in [-0.2, 0) is 9.59 Å². The largest absolute Gasteiger partial charge is 0.300 e. The molecule has 0 saturated heterocycles. The van der Waals surface area contributed by atoms with E-state index in [2.05, 4.69) is 26.0 Å². The lowest BCUT2D eigenvalue weighted by Crippen LogP contribution is -2.40.